The highest BCUT2D eigenvalue weighted by Gasteiger charge is 2.10. The maximum atomic E-state index is 11.9. The fraction of sp³-hybridized carbons (Fsp3) is 0.182. The molecule has 0 N–H and O–H groups in total. The van der Waals surface area contributed by atoms with Crippen LogP contribution in [0.2, 0.25) is 5.02 Å². The molecule has 1 aromatic carbocycles. The third-order valence-electron chi connectivity index (χ3n) is 2.03. The zero-order valence-electron chi connectivity index (χ0n) is 8.89. The molecule has 2 aromatic rings. The molecule has 1 aromatic heterocycles. The lowest BCUT2D eigenvalue weighted by molar-refractivity contribution is 0.273. The summed E-state index contributed by atoms with van der Waals surface area (Å²) in [7, 11) is -1.13. The van der Waals surface area contributed by atoms with Gasteiger partial charge in [-0.1, -0.05) is 18.2 Å². The molecule has 1 heterocycles. The maximum absolute atomic E-state index is 11.9. The van der Waals surface area contributed by atoms with Crippen LogP contribution < -0.4 is 0 Å². The van der Waals surface area contributed by atoms with Crippen LogP contribution in [-0.4, -0.2) is 21.6 Å². The Morgan fingerprint density at radius 3 is 3.18 bits per heavy atom. The minimum absolute atomic E-state index is 0.382. The third-order valence-corrected chi connectivity index (χ3v) is 4.92. The van der Waals surface area contributed by atoms with E-state index in [4.69, 9.17) is 16.3 Å². The lowest BCUT2D eigenvalue weighted by Crippen LogP contribution is -2.03. The molecule has 2 rings (SSSR count). The van der Waals surface area contributed by atoms with E-state index in [2.05, 4.69) is 11.6 Å². The van der Waals surface area contributed by atoms with Gasteiger partial charge in [-0.05, 0) is 18.2 Å². The molecule has 0 saturated carbocycles. The molecule has 0 amide bonds. The average Bonchev–Trinajstić information content (AvgIpc) is 2.72. The Balaban J connectivity index is 2.18. The molecular formula is C11H10ClNO2S2. The summed E-state index contributed by atoms with van der Waals surface area (Å²) >= 11 is 7.29. The van der Waals surface area contributed by atoms with Gasteiger partial charge in [-0.15, -0.1) is 11.3 Å². The van der Waals surface area contributed by atoms with Gasteiger partial charge in [0.2, 0.25) is 0 Å². The van der Waals surface area contributed by atoms with Crippen molar-refractivity contribution < 1.29 is 8.95 Å². The maximum Gasteiger partial charge on any atom is 0.181 e. The molecule has 0 spiro atoms. The Hall–Kier alpha value is -0.910. The summed E-state index contributed by atoms with van der Waals surface area (Å²) in [6.07, 6.45) is 1.34. The number of aromatic nitrogens is 1. The number of benzene rings is 1. The Bertz CT molecular complexity index is 568. The van der Waals surface area contributed by atoms with Gasteiger partial charge in [0.25, 0.3) is 0 Å². The predicted molar refractivity (Wildman–Crippen MR) is 72.1 cm³/mol. The van der Waals surface area contributed by atoms with Gasteiger partial charge in [0.05, 0.1) is 39.6 Å². The number of fused-ring (bicyclic) bond motifs is 1. The fourth-order valence-electron chi connectivity index (χ4n) is 1.27. The van der Waals surface area contributed by atoms with Crippen LogP contribution in [0.5, 0.6) is 0 Å². The van der Waals surface area contributed by atoms with Crippen molar-refractivity contribution in [1.82, 2.24) is 4.98 Å². The zero-order chi connectivity index (χ0) is 12.3. The van der Waals surface area contributed by atoms with Gasteiger partial charge in [-0.2, -0.15) is 0 Å². The number of hydrogen-bond acceptors (Lipinski definition) is 4. The molecular weight excluding hydrogens is 278 g/mol. The lowest BCUT2D eigenvalue weighted by Gasteiger charge is -1.97. The van der Waals surface area contributed by atoms with Crippen molar-refractivity contribution in [2.24, 2.45) is 0 Å². The average molecular weight is 288 g/mol. The van der Waals surface area contributed by atoms with Gasteiger partial charge in [-0.25, -0.2) is 4.98 Å². The Morgan fingerprint density at radius 2 is 2.41 bits per heavy atom. The Labute approximate surface area is 111 Å². The first-order valence-electron chi connectivity index (χ1n) is 4.87. The lowest BCUT2D eigenvalue weighted by atomic mass is 10.3. The van der Waals surface area contributed by atoms with E-state index in [0.29, 0.717) is 21.7 Å². The van der Waals surface area contributed by atoms with Crippen LogP contribution in [0.3, 0.4) is 0 Å². The molecule has 17 heavy (non-hydrogen) atoms. The first-order valence-corrected chi connectivity index (χ1v) is 7.39. The molecule has 0 saturated heterocycles. The van der Waals surface area contributed by atoms with E-state index in [-0.39, 0.29) is 0 Å². The van der Waals surface area contributed by atoms with E-state index in [0.717, 1.165) is 10.2 Å². The number of rotatable bonds is 5. The monoisotopic (exact) mass is 287 g/mol. The van der Waals surface area contributed by atoms with Crippen LogP contribution in [0, 0.1) is 0 Å². The Kier molecular flexibility index (Phi) is 4.15. The van der Waals surface area contributed by atoms with E-state index in [1.165, 1.54) is 17.6 Å². The summed E-state index contributed by atoms with van der Waals surface area (Å²) in [5.41, 5.74) is 0.787. The fourth-order valence-corrected chi connectivity index (χ4v) is 3.63. The van der Waals surface area contributed by atoms with E-state index < -0.39 is 10.8 Å². The molecule has 0 radical (unpaired) electrons. The summed E-state index contributed by atoms with van der Waals surface area (Å²) in [6, 6.07) is 5.46. The molecule has 1 atom stereocenters. The van der Waals surface area contributed by atoms with Crippen LogP contribution in [0.4, 0.5) is 0 Å². The summed E-state index contributed by atoms with van der Waals surface area (Å²) in [5, 5.41) is 0.634. The number of ether oxygens (including phenoxy) is 1. The van der Waals surface area contributed by atoms with Crippen molar-refractivity contribution in [2.45, 2.75) is 4.34 Å². The van der Waals surface area contributed by atoms with Crippen LogP contribution in [0.25, 0.3) is 10.2 Å². The quantitative estimate of drug-likeness (QED) is 0.626. The second-order valence-electron chi connectivity index (χ2n) is 3.18. The first-order chi connectivity index (χ1) is 8.20. The number of halogens is 1. The van der Waals surface area contributed by atoms with E-state index in [9.17, 15) is 4.21 Å². The largest absolute Gasteiger partial charge is 0.501 e. The van der Waals surface area contributed by atoms with Crippen molar-refractivity contribution in [1.29, 1.82) is 0 Å². The van der Waals surface area contributed by atoms with Gasteiger partial charge in [0.1, 0.15) is 0 Å². The van der Waals surface area contributed by atoms with Crippen LogP contribution in [0.15, 0.2) is 35.4 Å². The molecule has 0 aliphatic heterocycles. The van der Waals surface area contributed by atoms with Crippen molar-refractivity contribution in [3.8, 4) is 0 Å². The SMILES string of the molecule is C=COCCS(=O)c1nc2cc(Cl)ccc2s1. The molecule has 1 unspecified atom stereocenters. The van der Waals surface area contributed by atoms with Crippen LogP contribution in [-0.2, 0) is 15.5 Å². The van der Waals surface area contributed by atoms with E-state index in [1.807, 2.05) is 6.07 Å². The summed E-state index contributed by atoms with van der Waals surface area (Å²) in [4.78, 5) is 4.30. The standard InChI is InChI=1S/C11H10ClNO2S2/c1-2-15-5-6-17(14)11-13-9-7-8(12)3-4-10(9)16-11/h2-4,7H,1,5-6H2. The molecule has 90 valence electrons. The minimum atomic E-state index is -1.13. The minimum Gasteiger partial charge on any atom is -0.501 e. The van der Waals surface area contributed by atoms with Crippen LogP contribution in [0.1, 0.15) is 0 Å². The predicted octanol–water partition coefficient (Wildman–Crippen LogP) is 3.22. The van der Waals surface area contributed by atoms with Crippen LogP contribution >= 0.6 is 22.9 Å². The summed E-state index contributed by atoms with van der Waals surface area (Å²) in [6.45, 7) is 3.81. The summed E-state index contributed by atoms with van der Waals surface area (Å²) < 4.78 is 18.4. The van der Waals surface area contributed by atoms with Gasteiger partial charge in [0.15, 0.2) is 4.34 Å². The number of nitrogens with zero attached hydrogens (tertiary/aromatic N) is 1. The topological polar surface area (TPSA) is 39.2 Å². The molecule has 0 aliphatic carbocycles. The molecule has 0 aliphatic rings. The van der Waals surface area contributed by atoms with E-state index >= 15 is 0 Å². The Morgan fingerprint density at radius 1 is 1.59 bits per heavy atom. The second-order valence-corrected chi connectivity index (χ2v) is 6.39. The van der Waals surface area contributed by atoms with Crippen molar-refractivity contribution >= 4 is 44.0 Å². The highest BCUT2D eigenvalue weighted by Crippen LogP contribution is 2.26. The van der Waals surface area contributed by atoms with Gasteiger partial charge >= 0.3 is 0 Å². The number of thiazole rings is 1. The smallest absolute Gasteiger partial charge is 0.181 e. The number of hydrogen-bond donors (Lipinski definition) is 0. The molecule has 0 fully saturated rings. The molecule has 3 nitrogen and oxygen atoms in total. The van der Waals surface area contributed by atoms with Gasteiger partial charge in [-0.3, -0.25) is 4.21 Å². The zero-order valence-corrected chi connectivity index (χ0v) is 11.3. The highest BCUT2D eigenvalue weighted by atomic mass is 35.5. The second kappa shape index (κ2) is 5.62. The van der Waals surface area contributed by atoms with Gasteiger partial charge in [0, 0.05) is 5.02 Å². The first kappa shape index (κ1) is 12.5. The summed E-state index contributed by atoms with van der Waals surface area (Å²) in [5.74, 6) is 0.416. The van der Waals surface area contributed by atoms with Crippen molar-refractivity contribution in [3.05, 3.63) is 36.1 Å². The van der Waals surface area contributed by atoms with Crippen molar-refractivity contribution in [2.75, 3.05) is 12.4 Å². The molecule has 6 heteroatoms. The third kappa shape index (κ3) is 3.06. The van der Waals surface area contributed by atoms with Crippen molar-refractivity contribution in [3.63, 3.8) is 0 Å². The van der Waals surface area contributed by atoms with Gasteiger partial charge < -0.3 is 4.74 Å². The normalized spacial score (nSPS) is 12.5. The van der Waals surface area contributed by atoms with E-state index in [1.54, 1.807) is 12.1 Å². The molecule has 0 bridgehead atoms. The highest BCUT2D eigenvalue weighted by molar-refractivity contribution is 7.87.